The number of hydrogen-bond donors (Lipinski definition) is 1. The van der Waals surface area contributed by atoms with Crippen molar-refractivity contribution in [2.75, 3.05) is 50.1 Å². The number of piperazine rings is 1. The zero-order valence-corrected chi connectivity index (χ0v) is 19.7. The third-order valence-electron chi connectivity index (χ3n) is 6.39. The van der Waals surface area contributed by atoms with Gasteiger partial charge in [-0.1, -0.05) is 12.1 Å². The Morgan fingerprint density at radius 1 is 1.15 bits per heavy atom. The van der Waals surface area contributed by atoms with E-state index < -0.39 is 0 Å². The number of ether oxygens (including phenoxy) is 1. The predicted octanol–water partition coefficient (Wildman–Crippen LogP) is 2.39. The Kier molecular flexibility index (Phi) is 7.30. The van der Waals surface area contributed by atoms with Crippen LogP contribution in [0.25, 0.3) is 0 Å². The quantitative estimate of drug-likeness (QED) is 0.704. The molecule has 1 atom stereocenters. The topological polar surface area (TPSA) is 95.1 Å². The van der Waals surface area contributed by atoms with Gasteiger partial charge in [-0.3, -0.25) is 14.4 Å². The molecule has 3 amide bonds. The van der Waals surface area contributed by atoms with Crippen LogP contribution < -0.4 is 15.0 Å². The van der Waals surface area contributed by atoms with Crippen LogP contribution in [0.15, 0.2) is 42.6 Å². The Hall–Kier alpha value is -3.62. The number of rotatable bonds is 6. The highest BCUT2D eigenvalue weighted by Gasteiger charge is 2.31. The first-order chi connectivity index (χ1) is 16.5. The maximum absolute atomic E-state index is 13.1. The maximum atomic E-state index is 13.1. The standard InChI is InChI=1S/C25H31N5O4/c1-18-16-28(13-14-30(18)24(32)17-29-12-6-5-9-23(29)31)21-8-4-3-7-20(21)25(33)27-19-10-11-26-22(15-19)34-2/h3-4,7-8,10-11,15,18H,5-6,9,12-14,16-17H2,1-2H3,(H,26,27,33). The lowest BCUT2D eigenvalue weighted by atomic mass is 10.1. The average molecular weight is 466 g/mol. The summed E-state index contributed by atoms with van der Waals surface area (Å²) in [6.45, 7) is 4.57. The molecule has 2 aromatic rings. The molecule has 0 saturated carbocycles. The molecule has 2 aliphatic rings. The number of carbonyl (C=O) groups is 3. The smallest absolute Gasteiger partial charge is 0.257 e. The Bertz CT molecular complexity index is 1060. The summed E-state index contributed by atoms with van der Waals surface area (Å²) in [6.07, 6.45) is 3.96. The van der Waals surface area contributed by atoms with E-state index in [0.717, 1.165) is 18.5 Å². The second-order valence-corrected chi connectivity index (χ2v) is 8.71. The van der Waals surface area contributed by atoms with Gasteiger partial charge in [0.15, 0.2) is 0 Å². The van der Waals surface area contributed by atoms with E-state index in [9.17, 15) is 14.4 Å². The molecule has 4 rings (SSSR count). The summed E-state index contributed by atoms with van der Waals surface area (Å²) in [5.41, 5.74) is 1.98. The van der Waals surface area contributed by atoms with E-state index in [4.69, 9.17) is 4.74 Å². The lowest BCUT2D eigenvalue weighted by Crippen LogP contribution is -2.56. The third kappa shape index (κ3) is 5.30. The van der Waals surface area contributed by atoms with Crippen LogP contribution in [0.4, 0.5) is 11.4 Å². The van der Waals surface area contributed by atoms with Crippen molar-refractivity contribution >= 4 is 29.1 Å². The number of amides is 3. The van der Waals surface area contributed by atoms with Crippen LogP contribution in [0.5, 0.6) is 5.88 Å². The number of pyridine rings is 1. The van der Waals surface area contributed by atoms with Crippen LogP contribution in [0.3, 0.4) is 0 Å². The van der Waals surface area contributed by atoms with Crippen molar-refractivity contribution in [1.29, 1.82) is 0 Å². The van der Waals surface area contributed by atoms with Gasteiger partial charge in [0.25, 0.3) is 5.91 Å². The fourth-order valence-corrected chi connectivity index (χ4v) is 4.57. The number of benzene rings is 1. The van der Waals surface area contributed by atoms with Gasteiger partial charge in [-0.2, -0.15) is 0 Å². The molecular weight excluding hydrogens is 434 g/mol. The van der Waals surface area contributed by atoms with Crippen molar-refractivity contribution in [2.45, 2.75) is 32.2 Å². The minimum Gasteiger partial charge on any atom is -0.481 e. The largest absolute Gasteiger partial charge is 0.481 e. The molecule has 1 aromatic carbocycles. The number of aromatic nitrogens is 1. The van der Waals surface area contributed by atoms with Crippen LogP contribution in [-0.2, 0) is 9.59 Å². The van der Waals surface area contributed by atoms with Gasteiger partial charge < -0.3 is 24.8 Å². The first-order valence-electron chi connectivity index (χ1n) is 11.7. The Morgan fingerprint density at radius 2 is 1.97 bits per heavy atom. The van der Waals surface area contributed by atoms with Gasteiger partial charge in [0.2, 0.25) is 17.7 Å². The number of piperidine rings is 1. The van der Waals surface area contributed by atoms with Crippen LogP contribution >= 0.6 is 0 Å². The number of nitrogens with zero attached hydrogens (tertiary/aromatic N) is 4. The molecule has 1 unspecified atom stereocenters. The van der Waals surface area contributed by atoms with Gasteiger partial charge >= 0.3 is 0 Å². The van der Waals surface area contributed by atoms with E-state index in [0.29, 0.717) is 49.7 Å². The Labute approximate surface area is 199 Å². The van der Waals surface area contributed by atoms with E-state index in [1.807, 2.05) is 30.0 Å². The van der Waals surface area contributed by atoms with Crippen molar-refractivity contribution in [1.82, 2.24) is 14.8 Å². The summed E-state index contributed by atoms with van der Waals surface area (Å²) >= 11 is 0. The molecule has 1 aromatic heterocycles. The van der Waals surface area contributed by atoms with E-state index in [2.05, 4.69) is 15.2 Å². The maximum Gasteiger partial charge on any atom is 0.257 e. The molecule has 180 valence electrons. The fraction of sp³-hybridized carbons (Fsp3) is 0.440. The summed E-state index contributed by atoms with van der Waals surface area (Å²) in [5.74, 6) is 0.253. The summed E-state index contributed by atoms with van der Waals surface area (Å²) in [6, 6.07) is 10.8. The van der Waals surface area contributed by atoms with Gasteiger partial charge in [-0.25, -0.2) is 4.98 Å². The normalized spacial score (nSPS) is 18.6. The highest BCUT2D eigenvalue weighted by Crippen LogP contribution is 2.25. The number of para-hydroxylation sites is 1. The van der Waals surface area contributed by atoms with Gasteiger partial charge in [-0.05, 0) is 38.0 Å². The van der Waals surface area contributed by atoms with Gasteiger partial charge in [0, 0.05) is 62.3 Å². The minimum atomic E-state index is -0.223. The molecule has 9 nitrogen and oxygen atoms in total. The summed E-state index contributed by atoms with van der Waals surface area (Å²) in [5, 5.41) is 2.91. The lowest BCUT2D eigenvalue weighted by molar-refractivity contribution is -0.143. The molecule has 0 spiro atoms. The number of anilines is 2. The molecular formula is C25H31N5O4. The zero-order chi connectivity index (χ0) is 24.1. The number of carbonyl (C=O) groups excluding carboxylic acids is 3. The number of hydrogen-bond acceptors (Lipinski definition) is 6. The van der Waals surface area contributed by atoms with Crippen LogP contribution in [0, 0.1) is 0 Å². The van der Waals surface area contributed by atoms with Crippen molar-refractivity contribution in [2.24, 2.45) is 0 Å². The van der Waals surface area contributed by atoms with Crippen molar-refractivity contribution in [3.63, 3.8) is 0 Å². The number of nitrogens with one attached hydrogen (secondary N) is 1. The number of likely N-dealkylation sites (tertiary alicyclic amines) is 1. The number of methoxy groups -OCH3 is 1. The van der Waals surface area contributed by atoms with Crippen LogP contribution in [0.2, 0.25) is 0 Å². The molecule has 34 heavy (non-hydrogen) atoms. The second-order valence-electron chi connectivity index (χ2n) is 8.71. The van der Waals surface area contributed by atoms with E-state index in [1.54, 1.807) is 29.3 Å². The zero-order valence-electron chi connectivity index (χ0n) is 19.7. The molecule has 0 aliphatic carbocycles. The lowest BCUT2D eigenvalue weighted by Gasteiger charge is -2.42. The van der Waals surface area contributed by atoms with Gasteiger partial charge in [-0.15, -0.1) is 0 Å². The van der Waals surface area contributed by atoms with E-state index >= 15 is 0 Å². The highest BCUT2D eigenvalue weighted by molar-refractivity contribution is 6.08. The van der Waals surface area contributed by atoms with Gasteiger partial charge in [0.1, 0.15) is 0 Å². The van der Waals surface area contributed by atoms with Crippen molar-refractivity contribution in [3.05, 3.63) is 48.2 Å². The SMILES string of the molecule is COc1cc(NC(=O)c2ccccc2N2CCN(C(=O)CN3CCCCC3=O)C(C)C2)ccn1. The summed E-state index contributed by atoms with van der Waals surface area (Å²) in [4.78, 5) is 47.8. The molecule has 3 heterocycles. The first-order valence-corrected chi connectivity index (χ1v) is 11.7. The van der Waals surface area contributed by atoms with Gasteiger partial charge in [0.05, 0.1) is 19.2 Å². The van der Waals surface area contributed by atoms with Crippen LogP contribution in [0.1, 0.15) is 36.5 Å². The van der Waals surface area contributed by atoms with Crippen molar-refractivity contribution < 1.29 is 19.1 Å². The third-order valence-corrected chi connectivity index (χ3v) is 6.39. The monoisotopic (exact) mass is 465 g/mol. The predicted molar refractivity (Wildman–Crippen MR) is 129 cm³/mol. The molecule has 0 bridgehead atoms. The van der Waals surface area contributed by atoms with E-state index in [1.165, 1.54) is 7.11 Å². The molecule has 2 saturated heterocycles. The average Bonchev–Trinajstić information content (AvgIpc) is 2.85. The van der Waals surface area contributed by atoms with Crippen LogP contribution in [-0.4, -0.2) is 78.4 Å². The summed E-state index contributed by atoms with van der Waals surface area (Å²) < 4.78 is 5.13. The molecule has 9 heteroatoms. The first kappa shape index (κ1) is 23.5. The minimum absolute atomic E-state index is 0.0138. The summed E-state index contributed by atoms with van der Waals surface area (Å²) in [7, 11) is 1.53. The second kappa shape index (κ2) is 10.5. The molecule has 2 aliphatic heterocycles. The molecule has 2 fully saturated rings. The van der Waals surface area contributed by atoms with Crippen molar-refractivity contribution in [3.8, 4) is 5.88 Å². The molecule has 1 N–H and O–H groups in total. The Balaban J connectivity index is 1.42. The fourth-order valence-electron chi connectivity index (χ4n) is 4.57. The molecule has 0 radical (unpaired) electrons. The highest BCUT2D eigenvalue weighted by atomic mass is 16.5. The van der Waals surface area contributed by atoms with E-state index in [-0.39, 0.29) is 30.3 Å². The Morgan fingerprint density at radius 3 is 2.74 bits per heavy atom.